The summed E-state index contributed by atoms with van der Waals surface area (Å²) in [5.41, 5.74) is 0.0598. The van der Waals surface area contributed by atoms with Crippen LogP contribution in [0.5, 0.6) is 0 Å². The van der Waals surface area contributed by atoms with E-state index in [1.165, 1.54) is 31.0 Å². The highest BCUT2D eigenvalue weighted by atomic mass is 79.9. The smallest absolute Gasteiger partial charge is 0.320 e. The second-order valence-corrected chi connectivity index (χ2v) is 5.02. The number of halogens is 2. The van der Waals surface area contributed by atoms with Crippen LogP contribution in [0.25, 0.3) is 0 Å². The van der Waals surface area contributed by atoms with Gasteiger partial charge in [0.15, 0.2) is 0 Å². The molecule has 0 spiro atoms. The van der Waals surface area contributed by atoms with Crippen LogP contribution in [0.3, 0.4) is 0 Å². The summed E-state index contributed by atoms with van der Waals surface area (Å²) in [6.45, 7) is 1.33. The number of rotatable bonds is 5. The van der Waals surface area contributed by atoms with E-state index >= 15 is 0 Å². The Morgan fingerprint density at radius 2 is 2.16 bits per heavy atom. The number of benzene rings is 1. The number of nitrogens with zero attached hydrogens (tertiary/aromatic N) is 1. The van der Waals surface area contributed by atoms with Gasteiger partial charge < -0.3 is 10.4 Å². The number of carboxylic acid groups (broad SMARTS) is 1. The molecule has 1 aromatic carbocycles. The molecule has 0 aromatic heterocycles. The fraction of sp³-hybridized carbons (Fsp3) is 0.333. The maximum absolute atomic E-state index is 13.5. The molecule has 1 atom stereocenters. The summed E-state index contributed by atoms with van der Waals surface area (Å²) in [5, 5.41) is 11.2. The van der Waals surface area contributed by atoms with Gasteiger partial charge in [0.2, 0.25) is 5.91 Å². The van der Waals surface area contributed by atoms with Crippen molar-refractivity contribution in [3.63, 3.8) is 0 Å². The number of anilines is 1. The van der Waals surface area contributed by atoms with E-state index in [0.29, 0.717) is 4.47 Å². The molecule has 0 aliphatic heterocycles. The van der Waals surface area contributed by atoms with E-state index in [1.54, 1.807) is 6.07 Å². The molecule has 1 unspecified atom stereocenters. The third-order valence-electron chi connectivity index (χ3n) is 2.62. The third-order valence-corrected chi connectivity index (χ3v) is 3.11. The van der Waals surface area contributed by atoms with Crippen LogP contribution in [-0.4, -0.2) is 41.5 Å². The van der Waals surface area contributed by atoms with Crippen molar-refractivity contribution in [3.05, 3.63) is 28.5 Å². The van der Waals surface area contributed by atoms with Gasteiger partial charge in [0.25, 0.3) is 0 Å². The second-order valence-electron chi connectivity index (χ2n) is 4.10. The summed E-state index contributed by atoms with van der Waals surface area (Å²) >= 11 is 3.11. The number of hydrogen-bond acceptors (Lipinski definition) is 3. The topological polar surface area (TPSA) is 69.6 Å². The lowest BCUT2D eigenvalue weighted by atomic mass is 10.3. The molecule has 104 valence electrons. The molecule has 0 aliphatic rings. The molecule has 0 heterocycles. The van der Waals surface area contributed by atoms with E-state index in [1.807, 2.05) is 0 Å². The number of hydrogen-bond donors (Lipinski definition) is 2. The first-order valence-electron chi connectivity index (χ1n) is 5.49. The van der Waals surface area contributed by atoms with Crippen molar-refractivity contribution in [3.8, 4) is 0 Å². The minimum absolute atomic E-state index is 0.0598. The van der Waals surface area contributed by atoms with Crippen LogP contribution in [0.4, 0.5) is 10.1 Å². The van der Waals surface area contributed by atoms with E-state index < -0.39 is 23.7 Å². The number of aliphatic carboxylic acids is 1. The number of likely N-dealkylation sites (N-methyl/N-ethyl adjacent to an activating group) is 1. The molecule has 1 amide bonds. The minimum Gasteiger partial charge on any atom is -0.480 e. The predicted molar refractivity (Wildman–Crippen MR) is 72.5 cm³/mol. The maximum atomic E-state index is 13.5. The number of nitrogens with one attached hydrogen (secondary N) is 1. The number of carboxylic acids is 1. The van der Waals surface area contributed by atoms with Crippen molar-refractivity contribution >= 4 is 33.5 Å². The molecule has 0 radical (unpaired) electrons. The highest BCUT2D eigenvalue weighted by molar-refractivity contribution is 9.10. The van der Waals surface area contributed by atoms with Gasteiger partial charge in [-0.25, -0.2) is 4.39 Å². The zero-order valence-electron chi connectivity index (χ0n) is 10.5. The van der Waals surface area contributed by atoms with Gasteiger partial charge in [-0.2, -0.15) is 0 Å². The van der Waals surface area contributed by atoms with Gasteiger partial charge in [-0.15, -0.1) is 0 Å². The van der Waals surface area contributed by atoms with Crippen molar-refractivity contribution in [2.24, 2.45) is 0 Å². The van der Waals surface area contributed by atoms with Crippen LogP contribution >= 0.6 is 15.9 Å². The van der Waals surface area contributed by atoms with Gasteiger partial charge in [-0.3, -0.25) is 14.5 Å². The zero-order chi connectivity index (χ0) is 14.6. The second kappa shape index (κ2) is 6.63. The van der Waals surface area contributed by atoms with E-state index in [-0.39, 0.29) is 12.2 Å². The highest BCUT2D eigenvalue weighted by Crippen LogP contribution is 2.19. The predicted octanol–water partition coefficient (Wildman–Crippen LogP) is 1.93. The minimum atomic E-state index is -1.02. The Morgan fingerprint density at radius 3 is 2.68 bits per heavy atom. The molecular weight excluding hydrogens is 319 g/mol. The number of amides is 1. The molecule has 19 heavy (non-hydrogen) atoms. The summed E-state index contributed by atoms with van der Waals surface area (Å²) in [5.74, 6) is -2.06. The monoisotopic (exact) mass is 332 g/mol. The highest BCUT2D eigenvalue weighted by Gasteiger charge is 2.19. The molecule has 7 heteroatoms. The van der Waals surface area contributed by atoms with Crippen molar-refractivity contribution in [2.75, 3.05) is 18.9 Å². The van der Waals surface area contributed by atoms with Gasteiger partial charge in [-0.1, -0.05) is 15.9 Å². The van der Waals surface area contributed by atoms with Crippen molar-refractivity contribution in [2.45, 2.75) is 13.0 Å². The largest absolute Gasteiger partial charge is 0.480 e. The molecule has 0 bridgehead atoms. The van der Waals surface area contributed by atoms with Crippen molar-refractivity contribution in [1.82, 2.24) is 4.90 Å². The first-order valence-corrected chi connectivity index (χ1v) is 6.28. The SMILES string of the molecule is CC(C(=O)O)N(C)CC(=O)Nc1ccc(Br)cc1F. The fourth-order valence-electron chi connectivity index (χ4n) is 1.33. The molecule has 0 saturated carbocycles. The third kappa shape index (κ3) is 4.60. The van der Waals surface area contributed by atoms with Crippen molar-refractivity contribution in [1.29, 1.82) is 0 Å². The lowest BCUT2D eigenvalue weighted by Gasteiger charge is -2.20. The fourth-order valence-corrected chi connectivity index (χ4v) is 1.67. The van der Waals surface area contributed by atoms with Crippen molar-refractivity contribution < 1.29 is 19.1 Å². The average Bonchev–Trinajstić information content (AvgIpc) is 2.31. The Balaban J connectivity index is 2.63. The maximum Gasteiger partial charge on any atom is 0.320 e. The average molecular weight is 333 g/mol. The van der Waals surface area contributed by atoms with Crippen LogP contribution in [0.2, 0.25) is 0 Å². The van der Waals surface area contributed by atoms with Crippen LogP contribution in [0.15, 0.2) is 22.7 Å². The number of carbonyl (C=O) groups is 2. The first kappa shape index (κ1) is 15.6. The Bertz CT molecular complexity index is 496. The van der Waals surface area contributed by atoms with E-state index in [0.717, 1.165) is 0 Å². The van der Waals surface area contributed by atoms with Crippen LogP contribution in [0.1, 0.15) is 6.92 Å². The van der Waals surface area contributed by atoms with Crippen LogP contribution < -0.4 is 5.32 Å². The van der Waals surface area contributed by atoms with E-state index in [9.17, 15) is 14.0 Å². The normalized spacial score (nSPS) is 12.3. The first-order chi connectivity index (χ1) is 8.81. The summed E-state index contributed by atoms with van der Waals surface area (Å²) in [7, 11) is 1.51. The number of carbonyl (C=O) groups excluding carboxylic acids is 1. The zero-order valence-corrected chi connectivity index (χ0v) is 12.1. The Labute approximate surface area is 118 Å². The quantitative estimate of drug-likeness (QED) is 0.864. The molecule has 2 N–H and O–H groups in total. The summed E-state index contributed by atoms with van der Waals surface area (Å²) in [4.78, 5) is 23.8. The molecule has 1 aromatic rings. The molecule has 0 saturated heterocycles. The van der Waals surface area contributed by atoms with E-state index in [4.69, 9.17) is 5.11 Å². The van der Waals surface area contributed by atoms with Gasteiger partial charge in [0.05, 0.1) is 12.2 Å². The molecule has 0 aliphatic carbocycles. The van der Waals surface area contributed by atoms with Gasteiger partial charge in [0.1, 0.15) is 11.9 Å². The summed E-state index contributed by atoms with van der Waals surface area (Å²) in [6, 6.07) is 3.47. The van der Waals surface area contributed by atoms with Gasteiger partial charge in [0, 0.05) is 4.47 Å². The summed E-state index contributed by atoms with van der Waals surface area (Å²) < 4.78 is 14.1. The Hall–Kier alpha value is -1.47. The lowest BCUT2D eigenvalue weighted by Crippen LogP contribution is -2.40. The van der Waals surface area contributed by atoms with Crippen LogP contribution in [-0.2, 0) is 9.59 Å². The molecule has 1 rings (SSSR count). The van der Waals surface area contributed by atoms with Gasteiger partial charge in [-0.05, 0) is 32.2 Å². The van der Waals surface area contributed by atoms with Gasteiger partial charge >= 0.3 is 5.97 Å². The Morgan fingerprint density at radius 1 is 1.53 bits per heavy atom. The molecule has 5 nitrogen and oxygen atoms in total. The standard InChI is InChI=1S/C12H14BrFN2O3/c1-7(12(18)19)16(2)6-11(17)15-10-4-3-8(13)5-9(10)14/h3-5,7H,6H2,1-2H3,(H,15,17)(H,18,19). The molecule has 0 fully saturated rings. The van der Waals surface area contributed by atoms with Crippen LogP contribution in [0, 0.1) is 5.82 Å². The molecular formula is C12H14BrFN2O3. The lowest BCUT2D eigenvalue weighted by molar-refractivity contribution is -0.142. The Kier molecular flexibility index (Phi) is 5.44. The van der Waals surface area contributed by atoms with E-state index in [2.05, 4.69) is 21.2 Å². The summed E-state index contributed by atoms with van der Waals surface area (Å²) in [6.07, 6.45) is 0.